The largest absolute Gasteiger partial charge is 0.481 e. The highest BCUT2D eigenvalue weighted by Crippen LogP contribution is 2.50. The number of carboxylic acids is 1. The highest BCUT2D eigenvalue weighted by Gasteiger charge is 2.49. The summed E-state index contributed by atoms with van der Waals surface area (Å²) in [6.07, 6.45) is 3.04. The smallest absolute Gasteiger partial charge is 0.307 e. The Labute approximate surface area is 118 Å². The lowest BCUT2D eigenvalue weighted by Gasteiger charge is -2.44. The van der Waals surface area contributed by atoms with Gasteiger partial charge in [0.1, 0.15) is 10.6 Å². The monoisotopic (exact) mass is 333 g/mol. The fourth-order valence-corrected chi connectivity index (χ4v) is 4.17. The van der Waals surface area contributed by atoms with Gasteiger partial charge in [-0.3, -0.25) is 4.79 Å². The standard InChI is InChI=1S/C12H16BrNO3S/c1-11(2)6-12(17,4-3-7(11)9(15)16)10-14-5-8(13)18-10/h5,7,17H,3-4,6H2,1-2H3,(H,15,16). The molecule has 1 aromatic rings. The molecule has 18 heavy (non-hydrogen) atoms. The van der Waals surface area contributed by atoms with Crippen molar-refractivity contribution in [2.24, 2.45) is 11.3 Å². The van der Waals surface area contributed by atoms with Crippen LogP contribution >= 0.6 is 27.3 Å². The molecule has 6 heteroatoms. The van der Waals surface area contributed by atoms with E-state index in [2.05, 4.69) is 20.9 Å². The predicted octanol–water partition coefficient (Wildman–Crippen LogP) is 3.00. The van der Waals surface area contributed by atoms with Crippen LogP contribution in [0.3, 0.4) is 0 Å². The Hall–Kier alpha value is -0.460. The molecule has 2 unspecified atom stereocenters. The normalized spacial score (nSPS) is 31.2. The molecule has 1 aliphatic carbocycles. The van der Waals surface area contributed by atoms with Crippen molar-refractivity contribution in [2.75, 3.05) is 0 Å². The topological polar surface area (TPSA) is 70.4 Å². The maximum absolute atomic E-state index is 11.2. The van der Waals surface area contributed by atoms with E-state index >= 15 is 0 Å². The van der Waals surface area contributed by atoms with Gasteiger partial charge in [0, 0.05) is 0 Å². The summed E-state index contributed by atoms with van der Waals surface area (Å²) in [5.74, 6) is -1.18. The van der Waals surface area contributed by atoms with Crippen LogP contribution in [0.5, 0.6) is 0 Å². The zero-order valence-electron chi connectivity index (χ0n) is 10.3. The lowest BCUT2D eigenvalue weighted by molar-refractivity contribution is -0.154. The zero-order valence-corrected chi connectivity index (χ0v) is 12.7. The average Bonchev–Trinajstić information content (AvgIpc) is 2.63. The summed E-state index contributed by atoms with van der Waals surface area (Å²) in [4.78, 5) is 15.4. The molecule has 0 amide bonds. The predicted molar refractivity (Wildman–Crippen MR) is 72.5 cm³/mol. The first-order valence-corrected chi connectivity index (χ1v) is 7.42. The maximum atomic E-state index is 11.2. The van der Waals surface area contributed by atoms with E-state index in [0.717, 1.165) is 3.79 Å². The lowest BCUT2D eigenvalue weighted by Crippen LogP contribution is -2.44. The summed E-state index contributed by atoms with van der Waals surface area (Å²) in [5, 5.41) is 20.6. The van der Waals surface area contributed by atoms with Gasteiger partial charge < -0.3 is 10.2 Å². The number of aliphatic carboxylic acids is 1. The van der Waals surface area contributed by atoms with Crippen molar-refractivity contribution in [1.29, 1.82) is 0 Å². The van der Waals surface area contributed by atoms with Gasteiger partial charge in [-0.25, -0.2) is 4.98 Å². The molecule has 1 aliphatic rings. The minimum atomic E-state index is -0.994. The molecule has 0 bridgehead atoms. The van der Waals surface area contributed by atoms with E-state index in [0.29, 0.717) is 24.3 Å². The molecule has 0 aliphatic heterocycles. The molecule has 0 spiro atoms. The van der Waals surface area contributed by atoms with Crippen molar-refractivity contribution in [3.63, 3.8) is 0 Å². The quantitative estimate of drug-likeness (QED) is 0.872. The van der Waals surface area contributed by atoms with Gasteiger partial charge >= 0.3 is 5.97 Å². The van der Waals surface area contributed by atoms with Crippen LogP contribution in [0.15, 0.2) is 9.98 Å². The molecule has 1 heterocycles. The Bertz CT molecular complexity index is 474. The first kappa shape index (κ1) is 14.0. The van der Waals surface area contributed by atoms with Crippen LogP contribution in [0.25, 0.3) is 0 Å². The Morgan fingerprint density at radius 3 is 2.72 bits per heavy atom. The first-order chi connectivity index (χ1) is 8.24. The van der Waals surface area contributed by atoms with Crippen LogP contribution in [0.1, 0.15) is 38.1 Å². The van der Waals surface area contributed by atoms with Crippen LogP contribution < -0.4 is 0 Å². The van der Waals surface area contributed by atoms with Crippen LogP contribution in [0.2, 0.25) is 0 Å². The minimum Gasteiger partial charge on any atom is -0.481 e. The van der Waals surface area contributed by atoms with Gasteiger partial charge in [0.25, 0.3) is 0 Å². The molecule has 1 saturated carbocycles. The van der Waals surface area contributed by atoms with Gasteiger partial charge in [-0.1, -0.05) is 13.8 Å². The van der Waals surface area contributed by atoms with E-state index < -0.39 is 22.9 Å². The van der Waals surface area contributed by atoms with E-state index in [1.807, 2.05) is 13.8 Å². The average molecular weight is 334 g/mol. The molecule has 0 radical (unpaired) electrons. The number of aromatic nitrogens is 1. The molecule has 0 saturated heterocycles. The zero-order chi connectivity index (χ0) is 13.6. The number of halogens is 1. The van der Waals surface area contributed by atoms with Crippen LogP contribution in [-0.2, 0) is 10.4 Å². The van der Waals surface area contributed by atoms with Crippen molar-refractivity contribution in [2.45, 2.75) is 38.7 Å². The molecule has 1 fully saturated rings. The molecule has 0 aromatic carbocycles. The fourth-order valence-electron chi connectivity index (χ4n) is 2.85. The first-order valence-electron chi connectivity index (χ1n) is 5.82. The van der Waals surface area contributed by atoms with Crippen molar-refractivity contribution in [3.05, 3.63) is 15.0 Å². The summed E-state index contributed by atoms with van der Waals surface area (Å²) in [5.41, 5.74) is -1.43. The number of aliphatic hydroxyl groups is 1. The Balaban J connectivity index is 2.27. The van der Waals surface area contributed by atoms with Crippen molar-refractivity contribution < 1.29 is 15.0 Å². The van der Waals surface area contributed by atoms with E-state index in [9.17, 15) is 15.0 Å². The van der Waals surface area contributed by atoms with Crippen molar-refractivity contribution in [3.8, 4) is 0 Å². The highest BCUT2D eigenvalue weighted by molar-refractivity contribution is 9.11. The van der Waals surface area contributed by atoms with Crippen molar-refractivity contribution in [1.82, 2.24) is 4.98 Å². The van der Waals surface area contributed by atoms with E-state index in [-0.39, 0.29) is 0 Å². The molecule has 2 rings (SSSR count). The van der Waals surface area contributed by atoms with Crippen molar-refractivity contribution >= 4 is 33.2 Å². The maximum Gasteiger partial charge on any atom is 0.307 e. The lowest BCUT2D eigenvalue weighted by atomic mass is 9.63. The minimum absolute atomic E-state index is 0.402. The molecule has 2 N–H and O–H groups in total. The molecular weight excluding hydrogens is 318 g/mol. The van der Waals surface area contributed by atoms with Gasteiger partial charge in [0.05, 0.1) is 15.9 Å². The number of carboxylic acid groups (broad SMARTS) is 1. The fraction of sp³-hybridized carbons (Fsp3) is 0.667. The van der Waals surface area contributed by atoms with E-state index in [4.69, 9.17) is 0 Å². The summed E-state index contributed by atoms with van der Waals surface area (Å²) in [6.45, 7) is 3.80. The molecule has 1 aromatic heterocycles. The molecule has 4 nitrogen and oxygen atoms in total. The molecule has 100 valence electrons. The third-order valence-electron chi connectivity index (χ3n) is 3.71. The second-order valence-corrected chi connectivity index (χ2v) is 8.01. The number of hydrogen-bond donors (Lipinski definition) is 2. The molecular formula is C12H16BrNO3S. The summed E-state index contributed by atoms with van der Waals surface area (Å²) >= 11 is 4.75. The summed E-state index contributed by atoms with van der Waals surface area (Å²) in [6, 6.07) is 0. The van der Waals surface area contributed by atoms with E-state index in [1.54, 1.807) is 6.20 Å². The van der Waals surface area contributed by atoms with Gasteiger partial charge in [-0.2, -0.15) is 0 Å². The van der Waals surface area contributed by atoms with Gasteiger partial charge in [0.15, 0.2) is 0 Å². The van der Waals surface area contributed by atoms with Gasteiger partial charge in [-0.05, 0) is 40.6 Å². The number of rotatable bonds is 2. The number of thiazole rings is 1. The summed E-state index contributed by atoms with van der Waals surface area (Å²) < 4.78 is 0.879. The van der Waals surface area contributed by atoms with Crippen LogP contribution in [0, 0.1) is 11.3 Å². The Kier molecular flexibility index (Phi) is 3.55. The second-order valence-electron chi connectivity index (χ2n) is 5.60. The van der Waals surface area contributed by atoms with Crippen LogP contribution in [0.4, 0.5) is 0 Å². The van der Waals surface area contributed by atoms with Gasteiger partial charge in [-0.15, -0.1) is 11.3 Å². The Morgan fingerprint density at radius 2 is 2.28 bits per heavy atom. The number of carbonyl (C=O) groups is 1. The third-order valence-corrected chi connectivity index (χ3v) is 5.38. The highest BCUT2D eigenvalue weighted by atomic mass is 79.9. The SMILES string of the molecule is CC1(C)CC(O)(c2ncc(Br)s2)CCC1C(=O)O. The molecule has 2 atom stereocenters. The third kappa shape index (κ3) is 2.46. The number of nitrogens with zero attached hydrogens (tertiary/aromatic N) is 1. The Morgan fingerprint density at radius 1 is 1.61 bits per heavy atom. The second kappa shape index (κ2) is 4.58. The number of hydrogen-bond acceptors (Lipinski definition) is 4. The van der Waals surface area contributed by atoms with Gasteiger partial charge in [0.2, 0.25) is 0 Å². The summed E-state index contributed by atoms with van der Waals surface area (Å²) in [7, 11) is 0. The van der Waals surface area contributed by atoms with E-state index in [1.165, 1.54) is 11.3 Å². The van der Waals surface area contributed by atoms with Crippen LogP contribution in [-0.4, -0.2) is 21.2 Å².